The normalized spacial score (nSPS) is 14.4. The van der Waals surface area contributed by atoms with Gasteiger partial charge >= 0.3 is 0 Å². The molecule has 2 N–H and O–H groups in total. The standard InChI is InChI=1S/C16H20O4/c1-11(19-17)7-13-3-5-15-6-4-14(8-12(2)20-18)10-16(15)9-13/h3-6,9-12,17-18H,7-8H2,1-2H3. The summed E-state index contributed by atoms with van der Waals surface area (Å²) in [6.45, 7) is 3.64. The molecule has 2 aromatic rings. The molecule has 2 rings (SSSR count). The summed E-state index contributed by atoms with van der Waals surface area (Å²) in [5.41, 5.74) is 2.23. The zero-order chi connectivity index (χ0) is 14.5. The Labute approximate surface area is 118 Å². The Kier molecular flexibility index (Phi) is 5.09. The van der Waals surface area contributed by atoms with E-state index in [9.17, 15) is 0 Å². The van der Waals surface area contributed by atoms with Crippen LogP contribution in [0.1, 0.15) is 25.0 Å². The number of hydrogen-bond acceptors (Lipinski definition) is 4. The minimum absolute atomic E-state index is 0.224. The first-order valence-corrected chi connectivity index (χ1v) is 6.74. The highest BCUT2D eigenvalue weighted by Crippen LogP contribution is 2.20. The third-order valence-corrected chi connectivity index (χ3v) is 3.38. The average molecular weight is 276 g/mol. The van der Waals surface area contributed by atoms with E-state index in [1.54, 1.807) is 0 Å². The zero-order valence-electron chi connectivity index (χ0n) is 11.7. The Bertz CT molecular complexity index is 521. The van der Waals surface area contributed by atoms with Gasteiger partial charge in [-0.25, -0.2) is 9.78 Å². The third-order valence-electron chi connectivity index (χ3n) is 3.38. The van der Waals surface area contributed by atoms with Crippen LogP contribution in [0.2, 0.25) is 0 Å². The SMILES string of the molecule is CC(Cc1ccc2ccc(CC(C)OO)cc2c1)OO. The molecule has 4 heteroatoms. The van der Waals surface area contributed by atoms with Gasteiger partial charge in [-0.1, -0.05) is 36.4 Å². The maximum Gasteiger partial charge on any atom is 0.0939 e. The van der Waals surface area contributed by atoms with E-state index in [-0.39, 0.29) is 12.2 Å². The summed E-state index contributed by atoms with van der Waals surface area (Å²) in [5.74, 6) is 0. The predicted octanol–water partition coefficient (Wildman–Crippen LogP) is 3.68. The number of benzene rings is 2. The lowest BCUT2D eigenvalue weighted by Gasteiger charge is -2.10. The van der Waals surface area contributed by atoms with Gasteiger partial charge in [0.15, 0.2) is 0 Å². The molecule has 0 bridgehead atoms. The summed E-state index contributed by atoms with van der Waals surface area (Å²) in [4.78, 5) is 8.63. The molecule has 2 atom stereocenters. The summed E-state index contributed by atoms with van der Waals surface area (Å²) in [6, 6.07) is 12.4. The van der Waals surface area contributed by atoms with Crippen molar-refractivity contribution in [2.45, 2.75) is 38.9 Å². The molecular formula is C16H20O4. The largest absolute Gasteiger partial charge is 0.252 e. The van der Waals surface area contributed by atoms with Crippen molar-refractivity contribution in [2.24, 2.45) is 0 Å². The van der Waals surface area contributed by atoms with E-state index in [0.717, 1.165) is 21.9 Å². The molecule has 0 spiro atoms. The van der Waals surface area contributed by atoms with Crippen molar-refractivity contribution < 1.29 is 20.3 Å². The van der Waals surface area contributed by atoms with Gasteiger partial charge in [0.05, 0.1) is 12.2 Å². The highest BCUT2D eigenvalue weighted by atomic mass is 17.1. The molecule has 0 heterocycles. The smallest absolute Gasteiger partial charge is 0.0939 e. The second-order valence-electron chi connectivity index (χ2n) is 5.26. The van der Waals surface area contributed by atoms with Gasteiger partial charge in [-0.05, 0) is 35.7 Å². The molecule has 0 aliphatic carbocycles. The summed E-state index contributed by atoms with van der Waals surface area (Å²) in [6.07, 6.45) is 0.872. The van der Waals surface area contributed by atoms with E-state index in [1.807, 2.05) is 26.0 Å². The van der Waals surface area contributed by atoms with E-state index in [0.29, 0.717) is 12.8 Å². The molecule has 0 saturated heterocycles. The Hall–Kier alpha value is -1.46. The molecule has 0 radical (unpaired) electrons. The van der Waals surface area contributed by atoms with Crippen molar-refractivity contribution in [1.29, 1.82) is 0 Å². The van der Waals surface area contributed by atoms with Crippen LogP contribution >= 0.6 is 0 Å². The van der Waals surface area contributed by atoms with Crippen LogP contribution in [0, 0.1) is 0 Å². The van der Waals surface area contributed by atoms with Gasteiger partial charge in [0, 0.05) is 12.8 Å². The van der Waals surface area contributed by atoms with Crippen LogP contribution in [-0.4, -0.2) is 22.7 Å². The molecule has 0 saturated carbocycles. The monoisotopic (exact) mass is 276 g/mol. The molecule has 0 aromatic heterocycles. The molecule has 108 valence electrons. The van der Waals surface area contributed by atoms with Gasteiger partial charge in [0.1, 0.15) is 0 Å². The molecule has 0 fully saturated rings. The van der Waals surface area contributed by atoms with Gasteiger partial charge in [0.2, 0.25) is 0 Å². The number of hydrogen-bond donors (Lipinski definition) is 2. The Balaban J connectivity index is 2.25. The van der Waals surface area contributed by atoms with Crippen molar-refractivity contribution >= 4 is 10.8 Å². The second kappa shape index (κ2) is 6.81. The highest BCUT2D eigenvalue weighted by molar-refractivity contribution is 5.83. The Morgan fingerprint density at radius 3 is 1.65 bits per heavy atom. The second-order valence-corrected chi connectivity index (χ2v) is 5.26. The van der Waals surface area contributed by atoms with Crippen molar-refractivity contribution in [3.05, 3.63) is 47.5 Å². The molecule has 0 aliphatic heterocycles. The van der Waals surface area contributed by atoms with Crippen LogP contribution in [0.25, 0.3) is 10.8 Å². The number of rotatable bonds is 6. The molecular weight excluding hydrogens is 256 g/mol. The highest BCUT2D eigenvalue weighted by Gasteiger charge is 2.06. The lowest BCUT2D eigenvalue weighted by Crippen LogP contribution is -2.09. The fraction of sp³-hybridized carbons (Fsp3) is 0.375. The molecule has 2 aromatic carbocycles. The maximum atomic E-state index is 8.64. The van der Waals surface area contributed by atoms with Gasteiger partial charge in [0.25, 0.3) is 0 Å². The van der Waals surface area contributed by atoms with Crippen LogP contribution in [0.15, 0.2) is 36.4 Å². The third kappa shape index (κ3) is 3.77. The van der Waals surface area contributed by atoms with E-state index in [2.05, 4.69) is 34.0 Å². The van der Waals surface area contributed by atoms with Gasteiger partial charge in [-0.2, -0.15) is 0 Å². The Morgan fingerprint density at radius 1 is 0.800 bits per heavy atom. The van der Waals surface area contributed by atoms with Crippen molar-refractivity contribution in [3.63, 3.8) is 0 Å². The number of fused-ring (bicyclic) bond motifs is 1. The Morgan fingerprint density at radius 2 is 1.25 bits per heavy atom. The van der Waals surface area contributed by atoms with Gasteiger partial charge < -0.3 is 0 Å². The average Bonchev–Trinajstić information content (AvgIpc) is 2.46. The topological polar surface area (TPSA) is 58.9 Å². The van der Waals surface area contributed by atoms with Gasteiger partial charge in [-0.3, -0.25) is 10.5 Å². The molecule has 2 unspecified atom stereocenters. The first-order valence-electron chi connectivity index (χ1n) is 6.74. The lowest BCUT2D eigenvalue weighted by molar-refractivity contribution is -0.273. The van der Waals surface area contributed by atoms with Crippen LogP contribution in [0.5, 0.6) is 0 Å². The van der Waals surface area contributed by atoms with E-state index < -0.39 is 0 Å². The van der Waals surface area contributed by atoms with Crippen LogP contribution in [0.4, 0.5) is 0 Å². The van der Waals surface area contributed by atoms with E-state index in [1.165, 1.54) is 0 Å². The summed E-state index contributed by atoms with van der Waals surface area (Å²) in [7, 11) is 0. The minimum atomic E-state index is -0.224. The van der Waals surface area contributed by atoms with Crippen LogP contribution in [-0.2, 0) is 22.6 Å². The van der Waals surface area contributed by atoms with E-state index in [4.69, 9.17) is 10.5 Å². The summed E-state index contributed by atoms with van der Waals surface area (Å²) in [5, 5.41) is 19.6. The fourth-order valence-corrected chi connectivity index (χ4v) is 2.34. The van der Waals surface area contributed by atoms with Crippen molar-refractivity contribution in [1.82, 2.24) is 0 Å². The first kappa shape index (κ1) is 14.9. The quantitative estimate of drug-likeness (QED) is 0.624. The van der Waals surface area contributed by atoms with Crippen molar-refractivity contribution in [3.8, 4) is 0 Å². The van der Waals surface area contributed by atoms with E-state index >= 15 is 0 Å². The lowest BCUT2D eigenvalue weighted by atomic mass is 9.99. The zero-order valence-corrected chi connectivity index (χ0v) is 11.7. The molecule has 4 nitrogen and oxygen atoms in total. The fourth-order valence-electron chi connectivity index (χ4n) is 2.34. The van der Waals surface area contributed by atoms with Gasteiger partial charge in [-0.15, -0.1) is 0 Å². The van der Waals surface area contributed by atoms with Crippen LogP contribution in [0.3, 0.4) is 0 Å². The molecule has 0 aliphatic rings. The molecule has 20 heavy (non-hydrogen) atoms. The minimum Gasteiger partial charge on any atom is -0.252 e. The first-order chi connectivity index (χ1) is 9.62. The van der Waals surface area contributed by atoms with Crippen LogP contribution < -0.4 is 0 Å². The summed E-state index contributed by atoms with van der Waals surface area (Å²) >= 11 is 0. The summed E-state index contributed by atoms with van der Waals surface area (Å²) < 4.78 is 0. The predicted molar refractivity (Wildman–Crippen MR) is 77.7 cm³/mol. The maximum absolute atomic E-state index is 8.64. The molecule has 0 amide bonds. The van der Waals surface area contributed by atoms with Crippen molar-refractivity contribution in [2.75, 3.05) is 0 Å².